The van der Waals surface area contributed by atoms with Crippen LogP contribution in [0.5, 0.6) is 0 Å². The Morgan fingerprint density at radius 3 is 1.41 bits per heavy atom. The topological polar surface area (TPSA) is 52.6 Å². The molecule has 0 aliphatic carbocycles. The third-order valence-electron chi connectivity index (χ3n) is 3.45. The molecule has 19 heteroatoms. The Bertz CT molecular complexity index is 702. The number of alkyl halides is 15. The highest BCUT2D eigenvalue weighted by atomic mass is 19.4. The van der Waals surface area contributed by atoms with Crippen LogP contribution in [-0.2, 0) is 19.1 Å². The van der Waals surface area contributed by atoms with E-state index in [4.69, 9.17) is 0 Å². The fourth-order valence-electron chi connectivity index (χ4n) is 1.69. The maximum atomic E-state index is 13.4. The quantitative estimate of drug-likeness (QED) is 0.262. The average molecular weight is 512 g/mol. The minimum Gasteiger partial charge on any atom is -0.462 e. The molecule has 0 N–H and O–H groups in total. The van der Waals surface area contributed by atoms with Gasteiger partial charge in [0.1, 0.15) is 0 Å². The van der Waals surface area contributed by atoms with Gasteiger partial charge >= 0.3 is 53.8 Å². The minimum atomic E-state index is -7.90. The van der Waals surface area contributed by atoms with Crippen LogP contribution in [0.3, 0.4) is 0 Å². The Morgan fingerprint density at radius 1 is 0.688 bits per heavy atom. The van der Waals surface area contributed by atoms with Crippen molar-refractivity contribution < 1.29 is 84.9 Å². The van der Waals surface area contributed by atoms with Crippen LogP contribution in [0.15, 0.2) is 12.7 Å². The van der Waals surface area contributed by atoms with Crippen LogP contribution in [0.1, 0.15) is 6.42 Å². The van der Waals surface area contributed by atoms with E-state index in [2.05, 4.69) is 16.1 Å². The van der Waals surface area contributed by atoms with Crippen LogP contribution in [0.4, 0.5) is 65.9 Å². The first-order valence-electron chi connectivity index (χ1n) is 7.19. The predicted molar refractivity (Wildman–Crippen MR) is 67.6 cm³/mol. The number of hydrogen-bond acceptors (Lipinski definition) is 4. The molecular formula is C13H7F15O4. The summed E-state index contributed by atoms with van der Waals surface area (Å²) in [7, 11) is 0. The van der Waals surface area contributed by atoms with E-state index in [0.717, 1.165) is 0 Å². The van der Waals surface area contributed by atoms with Gasteiger partial charge in [0.25, 0.3) is 0 Å². The predicted octanol–water partition coefficient (Wildman–Crippen LogP) is 4.98. The summed E-state index contributed by atoms with van der Waals surface area (Å²) in [5, 5.41) is 0. The van der Waals surface area contributed by atoms with Gasteiger partial charge in [-0.15, -0.1) is 0 Å². The molecule has 32 heavy (non-hydrogen) atoms. The molecule has 4 nitrogen and oxygen atoms in total. The number of carbonyl (C=O) groups excluding carboxylic acids is 2. The molecular weight excluding hydrogens is 505 g/mol. The Balaban J connectivity index is 6.44. The average Bonchev–Trinajstić information content (AvgIpc) is 2.56. The van der Waals surface area contributed by atoms with Crippen molar-refractivity contribution in [1.29, 1.82) is 0 Å². The second kappa shape index (κ2) is 8.53. The summed E-state index contributed by atoms with van der Waals surface area (Å²) in [5.74, 6) is -29.7. The lowest BCUT2D eigenvalue weighted by molar-refractivity contribution is -0.402. The second-order valence-corrected chi connectivity index (χ2v) is 5.55. The van der Waals surface area contributed by atoms with E-state index in [9.17, 15) is 75.4 Å². The lowest BCUT2D eigenvalue weighted by atomic mass is 9.97. The van der Waals surface area contributed by atoms with Crippen molar-refractivity contribution >= 4 is 11.9 Å². The molecule has 0 radical (unpaired) electrons. The van der Waals surface area contributed by atoms with E-state index in [1.165, 1.54) is 0 Å². The Kier molecular flexibility index (Phi) is 7.89. The third-order valence-corrected chi connectivity index (χ3v) is 3.45. The summed E-state index contributed by atoms with van der Waals surface area (Å²) >= 11 is 0. The minimum absolute atomic E-state index is 0.183. The van der Waals surface area contributed by atoms with Crippen LogP contribution in [-0.4, -0.2) is 60.4 Å². The molecule has 0 spiro atoms. The maximum absolute atomic E-state index is 13.4. The van der Waals surface area contributed by atoms with Gasteiger partial charge < -0.3 is 9.47 Å². The van der Waals surface area contributed by atoms with E-state index in [-0.39, 0.29) is 6.08 Å². The first kappa shape index (κ1) is 29.6. The normalized spacial score (nSPS) is 14.7. The summed E-state index contributed by atoms with van der Waals surface area (Å²) < 4.78 is 199. The molecule has 0 atom stereocenters. The standard InChI is InChI=1S/C13H7F15O4/c1-2-5(29)31-4-3-7(11(20,21)22,12(23,24)25)32-6(30)8(14,15)9(16,17)10(18,19)13(26,27)28/h2H,1,3-4H2. The lowest BCUT2D eigenvalue weighted by Crippen LogP contribution is -2.67. The van der Waals surface area contributed by atoms with Gasteiger partial charge in [-0.2, -0.15) is 65.9 Å². The number of hydrogen-bond donors (Lipinski definition) is 0. The number of carbonyl (C=O) groups is 2. The third kappa shape index (κ3) is 5.00. The van der Waals surface area contributed by atoms with Crippen molar-refractivity contribution in [3.63, 3.8) is 0 Å². The molecule has 0 amide bonds. The molecule has 0 rings (SSSR count). The van der Waals surface area contributed by atoms with Crippen molar-refractivity contribution in [3.8, 4) is 0 Å². The van der Waals surface area contributed by atoms with E-state index >= 15 is 0 Å². The van der Waals surface area contributed by atoms with Gasteiger partial charge in [-0.05, 0) is 0 Å². The zero-order valence-electron chi connectivity index (χ0n) is 14.5. The molecule has 0 aliphatic rings. The monoisotopic (exact) mass is 512 g/mol. The molecule has 0 heterocycles. The molecule has 0 fully saturated rings. The highest BCUT2D eigenvalue weighted by molar-refractivity contribution is 5.81. The van der Waals surface area contributed by atoms with E-state index < -0.39 is 66.9 Å². The summed E-state index contributed by atoms with van der Waals surface area (Å²) in [6, 6.07) is 0. The Morgan fingerprint density at radius 2 is 1.09 bits per heavy atom. The van der Waals surface area contributed by atoms with Crippen molar-refractivity contribution in [2.75, 3.05) is 6.61 Å². The van der Waals surface area contributed by atoms with E-state index in [1.807, 2.05) is 0 Å². The maximum Gasteiger partial charge on any atom is 0.460 e. The van der Waals surface area contributed by atoms with Crippen LogP contribution in [0, 0.1) is 0 Å². The largest absolute Gasteiger partial charge is 0.462 e. The smallest absolute Gasteiger partial charge is 0.460 e. The molecule has 0 saturated heterocycles. The van der Waals surface area contributed by atoms with Gasteiger partial charge in [0.15, 0.2) is 0 Å². The van der Waals surface area contributed by atoms with Crippen molar-refractivity contribution in [3.05, 3.63) is 12.7 Å². The Hall–Kier alpha value is -2.37. The first-order chi connectivity index (χ1) is 13.8. The van der Waals surface area contributed by atoms with Gasteiger partial charge in [0.05, 0.1) is 6.61 Å². The molecule has 0 aromatic rings. The number of rotatable bonds is 8. The van der Waals surface area contributed by atoms with Crippen molar-refractivity contribution in [2.45, 2.75) is 48.3 Å². The molecule has 0 bridgehead atoms. The highest BCUT2D eigenvalue weighted by Gasteiger charge is 2.85. The van der Waals surface area contributed by atoms with Gasteiger partial charge in [-0.1, -0.05) is 6.58 Å². The van der Waals surface area contributed by atoms with Gasteiger partial charge in [0.2, 0.25) is 0 Å². The Labute approximate surface area is 165 Å². The van der Waals surface area contributed by atoms with E-state index in [0.29, 0.717) is 0 Å². The SMILES string of the molecule is C=CC(=O)OCCC(OC(=O)C(F)(F)C(F)(F)C(F)(F)C(F)(F)F)(C(F)(F)F)C(F)(F)F. The van der Waals surface area contributed by atoms with Crippen molar-refractivity contribution in [2.24, 2.45) is 0 Å². The fourth-order valence-corrected chi connectivity index (χ4v) is 1.69. The lowest BCUT2D eigenvalue weighted by Gasteiger charge is -2.38. The molecule has 0 aromatic carbocycles. The zero-order chi connectivity index (χ0) is 26.2. The molecule has 0 saturated carbocycles. The highest BCUT2D eigenvalue weighted by Crippen LogP contribution is 2.55. The second-order valence-electron chi connectivity index (χ2n) is 5.55. The fraction of sp³-hybridized carbons (Fsp3) is 0.692. The van der Waals surface area contributed by atoms with E-state index in [1.54, 1.807) is 0 Å². The summed E-state index contributed by atoms with van der Waals surface area (Å²) in [6.07, 6.45) is -24.2. The van der Waals surface area contributed by atoms with Gasteiger partial charge in [0, 0.05) is 12.5 Å². The number of ether oxygens (including phenoxy) is 2. The van der Waals surface area contributed by atoms with Crippen LogP contribution >= 0.6 is 0 Å². The van der Waals surface area contributed by atoms with Gasteiger partial charge in [-0.25, -0.2) is 9.59 Å². The molecule has 0 unspecified atom stereocenters. The van der Waals surface area contributed by atoms with Crippen LogP contribution in [0.2, 0.25) is 0 Å². The zero-order valence-corrected chi connectivity index (χ0v) is 14.5. The first-order valence-corrected chi connectivity index (χ1v) is 7.19. The molecule has 0 aliphatic heterocycles. The van der Waals surface area contributed by atoms with Crippen LogP contribution in [0.25, 0.3) is 0 Å². The number of halogens is 15. The molecule has 0 aromatic heterocycles. The summed E-state index contributed by atoms with van der Waals surface area (Å²) in [6.45, 7) is 0.630. The molecule has 188 valence electrons. The number of esters is 2. The van der Waals surface area contributed by atoms with Crippen molar-refractivity contribution in [1.82, 2.24) is 0 Å². The van der Waals surface area contributed by atoms with Crippen LogP contribution < -0.4 is 0 Å². The summed E-state index contributed by atoms with van der Waals surface area (Å²) in [5.41, 5.74) is -6.19. The summed E-state index contributed by atoms with van der Waals surface area (Å²) in [4.78, 5) is 21.8. The van der Waals surface area contributed by atoms with Gasteiger partial charge in [-0.3, -0.25) is 0 Å².